The van der Waals surface area contributed by atoms with Gasteiger partial charge in [0.2, 0.25) is 5.95 Å². The van der Waals surface area contributed by atoms with Crippen molar-refractivity contribution in [1.82, 2.24) is 19.7 Å². The van der Waals surface area contributed by atoms with E-state index in [0.717, 1.165) is 11.3 Å². The van der Waals surface area contributed by atoms with Gasteiger partial charge >= 0.3 is 0 Å². The van der Waals surface area contributed by atoms with Gasteiger partial charge in [0.15, 0.2) is 5.82 Å². The molecule has 2 aromatic heterocycles. The second-order valence-corrected chi connectivity index (χ2v) is 3.11. The van der Waals surface area contributed by atoms with Gasteiger partial charge in [0.05, 0.1) is 0 Å². The molecule has 0 radical (unpaired) electrons. The van der Waals surface area contributed by atoms with Gasteiger partial charge in [-0.05, 0) is 19.1 Å². The third-order valence-corrected chi connectivity index (χ3v) is 1.97. The third-order valence-electron chi connectivity index (χ3n) is 1.97. The van der Waals surface area contributed by atoms with Crippen molar-refractivity contribution in [1.29, 1.82) is 0 Å². The Morgan fingerprint density at radius 2 is 2.14 bits per heavy atom. The Bertz CT molecular complexity index is 423. The number of pyridine rings is 1. The molecule has 5 nitrogen and oxygen atoms in total. The molecule has 0 aromatic carbocycles. The highest BCUT2D eigenvalue weighted by molar-refractivity contribution is 5.54. The Morgan fingerprint density at radius 3 is 2.64 bits per heavy atom. The monoisotopic (exact) mass is 189 g/mol. The van der Waals surface area contributed by atoms with Gasteiger partial charge in [0, 0.05) is 24.5 Å². The quantitative estimate of drug-likeness (QED) is 0.719. The number of nitrogens with two attached hydrogens (primary N) is 1. The molecule has 2 aromatic rings. The summed E-state index contributed by atoms with van der Waals surface area (Å²) in [7, 11) is 1.76. The average molecular weight is 189 g/mol. The first-order valence-electron chi connectivity index (χ1n) is 4.26. The zero-order valence-electron chi connectivity index (χ0n) is 8.10. The first-order valence-corrected chi connectivity index (χ1v) is 4.26. The maximum absolute atomic E-state index is 5.58. The van der Waals surface area contributed by atoms with Gasteiger partial charge < -0.3 is 5.73 Å². The van der Waals surface area contributed by atoms with Gasteiger partial charge in [-0.15, -0.1) is 5.10 Å². The lowest BCUT2D eigenvalue weighted by Crippen LogP contribution is -1.97. The molecule has 72 valence electrons. The van der Waals surface area contributed by atoms with Crippen molar-refractivity contribution in [2.45, 2.75) is 6.92 Å². The van der Waals surface area contributed by atoms with E-state index in [-0.39, 0.29) is 0 Å². The largest absolute Gasteiger partial charge is 0.368 e. The highest BCUT2D eigenvalue weighted by Gasteiger charge is 2.05. The van der Waals surface area contributed by atoms with Crippen LogP contribution in [0.15, 0.2) is 18.3 Å². The van der Waals surface area contributed by atoms with Gasteiger partial charge in [-0.1, -0.05) is 0 Å². The van der Waals surface area contributed by atoms with Crippen molar-refractivity contribution < 1.29 is 0 Å². The van der Waals surface area contributed by atoms with Crippen LogP contribution in [0, 0.1) is 6.92 Å². The first kappa shape index (κ1) is 8.68. The van der Waals surface area contributed by atoms with E-state index in [0.29, 0.717) is 11.8 Å². The van der Waals surface area contributed by atoms with Crippen LogP contribution >= 0.6 is 0 Å². The summed E-state index contributed by atoms with van der Waals surface area (Å²) >= 11 is 0. The minimum atomic E-state index is 0.403. The molecule has 2 heterocycles. The minimum absolute atomic E-state index is 0.403. The van der Waals surface area contributed by atoms with E-state index in [9.17, 15) is 0 Å². The van der Waals surface area contributed by atoms with Crippen LogP contribution in [-0.2, 0) is 7.05 Å². The zero-order chi connectivity index (χ0) is 10.1. The molecule has 14 heavy (non-hydrogen) atoms. The average Bonchev–Trinajstić information content (AvgIpc) is 2.48. The molecule has 0 fully saturated rings. The maximum atomic E-state index is 5.58. The summed E-state index contributed by atoms with van der Waals surface area (Å²) in [5.74, 6) is 1.01. The van der Waals surface area contributed by atoms with Crippen molar-refractivity contribution in [3.05, 3.63) is 24.0 Å². The molecule has 0 aliphatic rings. The molecule has 0 atom stereocenters. The Hall–Kier alpha value is -1.91. The molecular weight excluding hydrogens is 178 g/mol. The topological polar surface area (TPSA) is 69.6 Å². The lowest BCUT2D eigenvalue weighted by Gasteiger charge is -1.94. The van der Waals surface area contributed by atoms with Crippen molar-refractivity contribution in [2.24, 2.45) is 7.05 Å². The number of aryl methyl sites for hydroxylation is 2. The minimum Gasteiger partial charge on any atom is -0.368 e. The van der Waals surface area contributed by atoms with Crippen LogP contribution in [0.2, 0.25) is 0 Å². The molecule has 2 rings (SSSR count). The lowest BCUT2D eigenvalue weighted by molar-refractivity contribution is 0.780. The highest BCUT2D eigenvalue weighted by Crippen LogP contribution is 2.14. The number of aromatic nitrogens is 4. The predicted molar refractivity (Wildman–Crippen MR) is 53.4 cm³/mol. The van der Waals surface area contributed by atoms with Gasteiger partial charge in [-0.2, -0.15) is 4.98 Å². The summed E-state index contributed by atoms with van der Waals surface area (Å²) in [4.78, 5) is 8.26. The van der Waals surface area contributed by atoms with Crippen LogP contribution in [0.5, 0.6) is 0 Å². The fraction of sp³-hybridized carbons (Fsp3) is 0.222. The molecule has 5 heteroatoms. The molecule has 0 unspecified atom stereocenters. The standard InChI is InChI=1S/C9H11N5/c1-6-3-4-7(5-11-6)8-12-9(10)14(2)13-8/h3-5H,1-2H3,(H2,10,12,13). The molecule has 0 aliphatic heterocycles. The molecule has 0 spiro atoms. The van der Waals surface area contributed by atoms with E-state index in [1.807, 2.05) is 19.1 Å². The van der Waals surface area contributed by atoms with E-state index in [2.05, 4.69) is 15.1 Å². The molecule has 0 saturated carbocycles. The lowest BCUT2D eigenvalue weighted by atomic mass is 10.2. The zero-order valence-corrected chi connectivity index (χ0v) is 8.10. The Balaban J connectivity index is 2.44. The molecule has 0 bridgehead atoms. The Kier molecular flexibility index (Phi) is 1.92. The Morgan fingerprint density at radius 1 is 1.36 bits per heavy atom. The SMILES string of the molecule is Cc1ccc(-c2nc(N)n(C)n2)cn1. The summed E-state index contributed by atoms with van der Waals surface area (Å²) in [6.45, 7) is 1.93. The number of rotatable bonds is 1. The summed E-state index contributed by atoms with van der Waals surface area (Å²) < 4.78 is 1.54. The number of anilines is 1. The van der Waals surface area contributed by atoms with Crippen molar-refractivity contribution in [3.8, 4) is 11.4 Å². The molecule has 0 saturated heterocycles. The van der Waals surface area contributed by atoms with E-state index < -0.39 is 0 Å². The first-order chi connectivity index (χ1) is 6.66. The molecule has 0 aliphatic carbocycles. The van der Waals surface area contributed by atoms with Crippen molar-refractivity contribution in [2.75, 3.05) is 5.73 Å². The fourth-order valence-corrected chi connectivity index (χ4v) is 1.12. The summed E-state index contributed by atoms with van der Waals surface area (Å²) in [6.07, 6.45) is 1.74. The van der Waals surface area contributed by atoms with Crippen molar-refractivity contribution >= 4 is 5.95 Å². The van der Waals surface area contributed by atoms with Crippen LogP contribution in [0.3, 0.4) is 0 Å². The third kappa shape index (κ3) is 1.44. The van der Waals surface area contributed by atoms with Gasteiger partial charge in [-0.3, -0.25) is 4.98 Å². The predicted octanol–water partition coefficient (Wildman–Crippen LogP) is 0.768. The second-order valence-electron chi connectivity index (χ2n) is 3.11. The molecule has 0 amide bonds. The number of nitrogen functional groups attached to an aromatic ring is 1. The van der Waals surface area contributed by atoms with E-state index in [4.69, 9.17) is 5.73 Å². The van der Waals surface area contributed by atoms with Crippen molar-refractivity contribution in [3.63, 3.8) is 0 Å². The van der Waals surface area contributed by atoms with E-state index in [1.54, 1.807) is 13.2 Å². The smallest absolute Gasteiger partial charge is 0.218 e. The number of hydrogen-bond acceptors (Lipinski definition) is 4. The summed E-state index contributed by atoms with van der Waals surface area (Å²) in [5.41, 5.74) is 7.42. The van der Waals surface area contributed by atoms with Crippen LogP contribution in [-0.4, -0.2) is 19.7 Å². The van der Waals surface area contributed by atoms with Crippen LogP contribution in [0.1, 0.15) is 5.69 Å². The van der Waals surface area contributed by atoms with Crippen LogP contribution < -0.4 is 5.73 Å². The fourth-order valence-electron chi connectivity index (χ4n) is 1.12. The van der Waals surface area contributed by atoms with Crippen LogP contribution in [0.25, 0.3) is 11.4 Å². The normalized spacial score (nSPS) is 10.4. The van der Waals surface area contributed by atoms with E-state index >= 15 is 0 Å². The highest BCUT2D eigenvalue weighted by atomic mass is 15.4. The summed E-state index contributed by atoms with van der Waals surface area (Å²) in [6, 6.07) is 3.85. The Labute approximate surface area is 81.6 Å². The summed E-state index contributed by atoms with van der Waals surface area (Å²) in [5, 5.41) is 4.15. The molecular formula is C9H11N5. The number of nitrogens with zero attached hydrogens (tertiary/aromatic N) is 4. The number of hydrogen-bond donors (Lipinski definition) is 1. The van der Waals surface area contributed by atoms with E-state index in [1.165, 1.54) is 4.68 Å². The maximum Gasteiger partial charge on any atom is 0.218 e. The van der Waals surface area contributed by atoms with Gasteiger partial charge in [-0.25, -0.2) is 4.68 Å². The van der Waals surface area contributed by atoms with Gasteiger partial charge in [0.1, 0.15) is 0 Å². The van der Waals surface area contributed by atoms with Crippen LogP contribution in [0.4, 0.5) is 5.95 Å². The second kappa shape index (κ2) is 3.10. The molecule has 2 N–H and O–H groups in total. The van der Waals surface area contributed by atoms with Gasteiger partial charge in [0.25, 0.3) is 0 Å².